The van der Waals surface area contributed by atoms with Gasteiger partial charge in [0.05, 0.1) is 12.3 Å². The second kappa shape index (κ2) is 6.41. The Hall–Kier alpha value is -0.990. The van der Waals surface area contributed by atoms with Gasteiger partial charge in [0, 0.05) is 25.6 Å². The Bertz CT molecular complexity index is 572. The molecule has 0 unspecified atom stereocenters. The first-order valence-corrected chi connectivity index (χ1v) is 9.19. The van der Waals surface area contributed by atoms with E-state index in [1.54, 1.807) is 4.31 Å². The minimum absolute atomic E-state index is 0.0324. The molecule has 1 fully saturated rings. The number of nitrogens with zero attached hydrogens (tertiary/aromatic N) is 3. The minimum atomic E-state index is -3.10. The van der Waals surface area contributed by atoms with E-state index in [2.05, 4.69) is 22.4 Å². The maximum atomic E-state index is 11.6. The molecule has 0 saturated carbocycles. The van der Waals surface area contributed by atoms with Crippen LogP contribution in [-0.2, 0) is 16.4 Å². The summed E-state index contributed by atoms with van der Waals surface area (Å²) in [5.74, 6) is 1.53. The minimum Gasteiger partial charge on any atom is -0.338 e. The molecule has 1 aliphatic rings. The Balaban J connectivity index is 1.94. The predicted octanol–water partition coefficient (Wildman–Crippen LogP) is 0.953. The van der Waals surface area contributed by atoms with Gasteiger partial charge in [0.2, 0.25) is 15.9 Å². The van der Waals surface area contributed by atoms with Gasteiger partial charge in [0.25, 0.3) is 0 Å². The summed E-state index contributed by atoms with van der Waals surface area (Å²) in [7, 11) is -3.10. The van der Waals surface area contributed by atoms with Gasteiger partial charge in [-0.1, -0.05) is 19.0 Å². The molecule has 120 valence electrons. The first-order chi connectivity index (χ1) is 9.81. The van der Waals surface area contributed by atoms with Gasteiger partial charge in [-0.15, -0.1) is 0 Å². The lowest BCUT2D eigenvalue weighted by atomic mass is 9.94. The summed E-state index contributed by atoms with van der Waals surface area (Å²) in [5, 5.41) is 7.38. The Kier molecular flexibility index (Phi) is 5.00. The fraction of sp³-hybridized carbons (Fsp3) is 0.846. The van der Waals surface area contributed by atoms with Crippen LogP contribution in [0.2, 0.25) is 0 Å². The number of rotatable bonds is 5. The molecule has 3 atom stereocenters. The Labute approximate surface area is 126 Å². The third-order valence-electron chi connectivity index (χ3n) is 3.97. The summed E-state index contributed by atoms with van der Waals surface area (Å²) in [6.07, 6.45) is 2.80. The lowest BCUT2D eigenvalue weighted by Gasteiger charge is -2.36. The topological polar surface area (TPSA) is 88.3 Å². The highest BCUT2D eigenvalue weighted by Crippen LogP contribution is 2.22. The van der Waals surface area contributed by atoms with Gasteiger partial charge < -0.3 is 9.84 Å². The fourth-order valence-corrected chi connectivity index (χ4v) is 3.58. The number of nitrogens with one attached hydrogen (secondary N) is 1. The van der Waals surface area contributed by atoms with Crippen LogP contribution in [0.1, 0.15) is 44.9 Å². The average molecular weight is 316 g/mol. The van der Waals surface area contributed by atoms with Gasteiger partial charge in [-0.2, -0.15) is 4.98 Å². The van der Waals surface area contributed by atoms with E-state index in [0.717, 1.165) is 12.8 Å². The van der Waals surface area contributed by atoms with E-state index in [1.807, 2.05) is 13.8 Å². The normalized spacial score (nSPS) is 25.9. The summed E-state index contributed by atoms with van der Waals surface area (Å²) in [6, 6.07) is 0.213. The van der Waals surface area contributed by atoms with Crippen molar-refractivity contribution in [2.45, 2.75) is 45.7 Å². The molecule has 1 aromatic rings. The molecule has 0 aromatic carbocycles. The Morgan fingerprint density at radius 2 is 2.24 bits per heavy atom. The molecular formula is C13H24N4O3S. The van der Waals surface area contributed by atoms with Crippen molar-refractivity contribution < 1.29 is 12.9 Å². The Morgan fingerprint density at radius 3 is 2.76 bits per heavy atom. The van der Waals surface area contributed by atoms with E-state index in [1.165, 1.54) is 6.26 Å². The summed E-state index contributed by atoms with van der Waals surface area (Å²) >= 11 is 0. The zero-order valence-electron chi connectivity index (χ0n) is 13.0. The lowest BCUT2D eigenvalue weighted by molar-refractivity contribution is 0.200. The molecule has 0 radical (unpaired) electrons. The van der Waals surface area contributed by atoms with E-state index in [9.17, 15) is 8.42 Å². The van der Waals surface area contributed by atoms with Gasteiger partial charge in [-0.25, -0.2) is 12.7 Å². The maximum absolute atomic E-state index is 11.6. The number of hydrogen-bond donors (Lipinski definition) is 1. The van der Waals surface area contributed by atoms with Crippen LogP contribution in [0.15, 0.2) is 4.52 Å². The molecule has 2 heterocycles. The van der Waals surface area contributed by atoms with Crippen molar-refractivity contribution in [3.05, 3.63) is 11.7 Å². The van der Waals surface area contributed by atoms with Crippen LogP contribution >= 0.6 is 0 Å². The Morgan fingerprint density at radius 1 is 1.52 bits per heavy atom. The highest BCUT2D eigenvalue weighted by Gasteiger charge is 2.31. The number of aryl methyl sites for hydroxylation is 1. The molecule has 0 spiro atoms. The molecular weight excluding hydrogens is 292 g/mol. The van der Waals surface area contributed by atoms with Gasteiger partial charge in [0.1, 0.15) is 0 Å². The third kappa shape index (κ3) is 4.02. The molecule has 1 aliphatic heterocycles. The second-order valence-corrected chi connectivity index (χ2v) is 7.77. The predicted molar refractivity (Wildman–Crippen MR) is 79.2 cm³/mol. The van der Waals surface area contributed by atoms with Crippen LogP contribution in [0.5, 0.6) is 0 Å². The van der Waals surface area contributed by atoms with Crippen LogP contribution in [-0.4, -0.2) is 48.3 Å². The standard InChI is InChI=1S/C13H24N4O3S/c1-5-12-15-13(20-16-12)10(3)14-11-6-7-17(8-9(11)2)21(4,18)19/h9-11,14H,5-8H2,1-4H3/t9-,10+,11-/m1/s1. The molecule has 0 bridgehead atoms. The van der Waals surface area contributed by atoms with Crippen LogP contribution in [0, 0.1) is 5.92 Å². The zero-order valence-corrected chi connectivity index (χ0v) is 13.9. The summed E-state index contributed by atoms with van der Waals surface area (Å²) in [4.78, 5) is 4.33. The quantitative estimate of drug-likeness (QED) is 0.870. The van der Waals surface area contributed by atoms with Crippen molar-refractivity contribution in [1.82, 2.24) is 19.8 Å². The molecule has 0 aliphatic carbocycles. The summed E-state index contributed by atoms with van der Waals surface area (Å²) in [6.45, 7) is 7.14. The van der Waals surface area contributed by atoms with Gasteiger partial charge in [-0.05, 0) is 19.3 Å². The van der Waals surface area contributed by atoms with Gasteiger partial charge >= 0.3 is 0 Å². The average Bonchev–Trinajstić information content (AvgIpc) is 2.88. The van der Waals surface area contributed by atoms with Gasteiger partial charge in [0.15, 0.2) is 5.82 Å². The highest BCUT2D eigenvalue weighted by atomic mass is 32.2. The van der Waals surface area contributed by atoms with Crippen molar-refractivity contribution in [3.63, 3.8) is 0 Å². The van der Waals surface area contributed by atoms with E-state index in [4.69, 9.17) is 4.52 Å². The first kappa shape index (κ1) is 16.4. The monoisotopic (exact) mass is 316 g/mol. The molecule has 8 heteroatoms. The number of aromatic nitrogens is 2. The molecule has 1 aromatic heterocycles. The number of hydrogen-bond acceptors (Lipinski definition) is 6. The zero-order chi connectivity index (χ0) is 15.6. The molecule has 0 amide bonds. The number of piperidine rings is 1. The highest BCUT2D eigenvalue weighted by molar-refractivity contribution is 7.88. The lowest BCUT2D eigenvalue weighted by Crippen LogP contribution is -2.50. The van der Waals surface area contributed by atoms with Crippen molar-refractivity contribution in [3.8, 4) is 0 Å². The molecule has 1 saturated heterocycles. The van der Waals surface area contributed by atoms with Crippen LogP contribution in [0.3, 0.4) is 0 Å². The van der Waals surface area contributed by atoms with Gasteiger partial charge in [-0.3, -0.25) is 0 Å². The van der Waals surface area contributed by atoms with Crippen molar-refractivity contribution in [2.75, 3.05) is 19.3 Å². The van der Waals surface area contributed by atoms with E-state index < -0.39 is 10.0 Å². The van der Waals surface area contributed by atoms with Crippen molar-refractivity contribution in [1.29, 1.82) is 0 Å². The number of sulfonamides is 1. The fourth-order valence-electron chi connectivity index (χ4n) is 2.64. The first-order valence-electron chi connectivity index (χ1n) is 7.35. The summed E-state index contributed by atoms with van der Waals surface area (Å²) < 4.78 is 30.0. The smallest absolute Gasteiger partial charge is 0.243 e. The van der Waals surface area contributed by atoms with Crippen molar-refractivity contribution in [2.24, 2.45) is 5.92 Å². The molecule has 7 nitrogen and oxygen atoms in total. The largest absolute Gasteiger partial charge is 0.338 e. The van der Waals surface area contributed by atoms with E-state index in [0.29, 0.717) is 24.8 Å². The summed E-state index contributed by atoms with van der Waals surface area (Å²) in [5.41, 5.74) is 0. The van der Waals surface area contributed by atoms with Crippen LogP contribution in [0.25, 0.3) is 0 Å². The third-order valence-corrected chi connectivity index (χ3v) is 5.24. The van der Waals surface area contributed by atoms with Crippen LogP contribution < -0.4 is 5.32 Å². The SMILES string of the molecule is CCc1noc([C@H](C)N[C@@H]2CCN(S(C)(=O)=O)C[C@H]2C)n1. The molecule has 2 rings (SSSR count). The maximum Gasteiger partial charge on any atom is 0.243 e. The van der Waals surface area contributed by atoms with Crippen LogP contribution in [0.4, 0.5) is 0 Å². The molecule has 1 N–H and O–H groups in total. The van der Waals surface area contributed by atoms with Crippen molar-refractivity contribution >= 4 is 10.0 Å². The van der Waals surface area contributed by atoms with E-state index >= 15 is 0 Å². The second-order valence-electron chi connectivity index (χ2n) is 5.78. The molecule has 21 heavy (non-hydrogen) atoms. The van der Waals surface area contributed by atoms with E-state index in [-0.39, 0.29) is 18.0 Å².